The molecule has 1 rings (SSSR count). The summed E-state index contributed by atoms with van der Waals surface area (Å²) in [6, 6.07) is 0. The van der Waals surface area contributed by atoms with Gasteiger partial charge in [-0.3, -0.25) is 0 Å². The first kappa shape index (κ1) is 20.3. The Balaban J connectivity index is 2.57. The molecule has 0 bridgehead atoms. The predicted molar refractivity (Wildman–Crippen MR) is 70.4 cm³/mol. The standard InChI is InChI=1S/C6H14BNO11P3/c1-4-2-6(8-7)17-5(4)3-16-21(12,13)19-22(14,15)18-20(9,10)11/h4-6H,2-3H2,1H3,(H,12,13)(H,14,15)(H2,9,10,11)/t4-,5-,6-/m1/s1. The molecule has 1 aliphatic heterocycles. The van der Waals surface area contributed by atoms with Gasteiger partial charge in [0.25, 0.3) is 0 Å². The van der Waals surface area contributed by atoms with Gasteiger partial charge in [0, 0.05) is 0 Å². The van der Waals surface area contributed by atoms with Gasteiger partial charge in [-0.05, 0) is 0 Å². The average molecular weight is 380 g/mol. The molecule has 1 heterocycles. The topological polar surface area (TPSA) is 181 Å². The molecule has 5 atom stereocenters. The molecule has 0 aromatic rings. The summed E-state index contributed by atoms with van der Waals surface area (Å²) in [7, 11) is -11.0. The van der Waals surface area contributed by atoms with E-state index in [0.717, 1.165) is 0 Å². The van der Waals surface area contributed by atoms with Crippen molar-refractivity contribution in [2.45, 2.75) is 25.7 Å². The van der Waals surface area contributed by atoms with E-state index in [1.807, 2.05) is 0 Å². The van der Waals surface area contributed by atoms with Gasteiger partial charge in [-0.1, -0.05) is 0 Å². The molecule has 0 spiro atoms. The van der Waals surface area contributed by atoms with Crippen molar-refractivity contribution in [3.63, 3.8) is 0 Å². The first-order valence-electron chi connectivity index (χ1n) is 5.67. The van der Waals surface area contributed by atoms with Gasteiger partial charge in [0.2, 0.25) is 0 Å². The number of hydrogen-bond acceptors (Lipinski definition) is 8. The van der Waals surface area contributed by atoms with Crippen LogP contribution in [0.3, 0.4) is 0 Å². The molecule has 2 unspecified atom stereocenters. The Bertz CT molecular complexity index is 550. The molecule has 1 fully saturated rings. The molecule has 1 radical (unpaired) electrons. The van der Waals surface area contributed by atoms with Crippen LogP contribution in [0, 0.1) is 5.92 Å². The number of hydrogen-bond donors (Lipinski definition) is 4. The first-order chi connectivity index (χ1) is 9.84. The summed E-state index contributed by atoms with van der Waals surface area (Å²) in [5.41, 5.74) is 0. The average Bonchev–Trinajstić information content (AvgIpc) is 2.62. The van der Waals surface area contributed by atoms with Crippen LogP contribution in [0.15, 0.2) is 4.90 Å². The van der Waals surface area contributed by atoms with Crippen molar-refractivity contribution < 1.29 is 51.2 Å². The van der Waals surface area contributed by atoms with E-state index in [1.54, 1.807) is 6.92 Å². The van der Waals surface area contributed by atoms with E-state index in [9.17, 15) is 18.6 Å². The molecule has 22 heavy (non-hydrogen) atoms. The molecule has 0 aromatic heterocycles. The first-order valence-corrected chi connectivity index (χ1v) is 10.2. The summed E-state index contributed by atoms with van der Waals surface area (Å²) in [6.07, 6.45) is -0.840. The maximum atomic E-state index is 11.5. The second-order valence-electron chi connectivity index (χ2n) is 4.38. The summed E-state index contributed by atoms with van der Waals surface area (Å²) in [4.78, 5) is 38.3. The summed E-state index contributed by atoms with van der Waals surface area (Å²) in [5.74, 6) is -0.135. The fourth-order valence-electron chi connectivity index (χ4n) is 1.63. The third kappa shape index (κ3) is 7.20. The van der Waals surface area contributed by atoms with Crippen molar-refractivity contribution >= 4 is 31.1 Å². The van der Waals surface area contributed by atoms with E-state index in [-0.39, 0.29) is 5.92 Å². The second kappa shape index (κ2) is 7.42. The summed E-state index contributed by atoms with van der Waals surface area (Å²) < 4.78 is 49.8. The summed E-state index contributed by atoms with van der Waals surface area (Å²) in [6.45, 7) is 1.23. The molecular weight excluding hydrogens is 366 g/mol. The van der Waals surface area contributed by atoms with Gasteiger partial charge in [-0.2, -0.15) is 0 Å². The van der Waals surface area contributed by atoms with Crippen LogP contribution in [0.4, 0.5) is 0 Å². The number of ether oxygens (including phenoxy) is 1. The van der Waals surface area contributed by atoms with Gasteiger partial charge in [-0.25, -0.2) is 0 Å². The van der Waals surface area contributed by atoms with E-state index < -0.39 is 42.4 Å². The monoisotopic (exact) mass is 380 g/mol. The van der Waals surface area contributed by atoms with Gasteiger partial charge in [0.15, 0.2) is 0 Å². The van der Waals surface area contributed by atoms with Crippen LogP contribution in [0.2, 0.25) is 0 Å². The molecule has 0 aromatic carbocycles. The Hall–Kier alpha value is 0.235. The SMILES string of the molecule is [B]=N[C@H]1C[C@@H](C)[C@@H](COP(=O)(O)OP(=O)(O)OP(=O)(O)O)O1. The van der Waals surface area contributed by atoms with Crippen LogP contribution in [0.5, 0.6) is 0 Å². The van der Waals surface area contributed by atoms with Crippen LogP contribution in [0.25, 0.3) is 0 Å². The van der Waals surface area contributed by atoms with Crippen molar-refractivity contribution in [1.82, 2.24) is 0 Å². The van der Waals surface area contributed by atoms with Crippen LogP contribution in [-0.2, 0) is 31.6 Å². The summed E-state index contributed by atoms with van der Waals surface area (Å²) >= 11 is 0. The third-order valence-electron chi connectivity index (χ3n) is 2.52. The quantitative estimate of drug-likeness (QED) is 0.339. The van der Waals surface area contributed by atoms with Gasteiger partial charge >= 0.3 is 125 Å². The molecule has 0 amide bonds. The fourth-order valence-corrected chi connectivity index (χ4v) is 4.66. The van der Waals surface area contributed by atoms with E-state index in [1.165, 1.54) is 0 Å². The molecule has 16 heteroatoms. The predicted octanol–water partition coefficient (Wildman–Crippen LogP) is 0.433. The van der Waals surface area contributed by atoms with Crippen molar-refractivity contribution in [3.05, 3.63) is 0 Å². The van der Waals surface area contributed by atoms with Crippen molar-refractivity contribution in [1.29, 1.82) is 0 Å². The van der Waals surface area contributed by atoms with E-state index in [4.69, 9.17) is 27.1 Å². The van der Waals surface area contributed by atoms with Crippen molar-refractivity contribution in [2.75, 3.05) is 6.61 Å². The van der Waals surface area contributed by atoms with Crippen molar-refractivity contribution in [3.8, 4) is 0 Å². The number of nitrogens with zero attached hydrogens (tertiary/aromatic N) is 1. The number of phosphoric ester groups is 1. The van der Waals surface area contributed by atoms with Gasteiger partial charge < -0.3 is 0 Å². The summed E-state index contributed by atoms with van der Waals surface area (Å²) in [5, 5.41) is 0. The van der Waals surface area contributed by atoms with Gasteiger partial charge in [0.05, 0.1) is 0 Å². The molecule has 0 aliphatic carbocycles. The zero-order valence-corrected chi connectivity index (χ0v) is 13.8. The number of rotatable bonds is 8. The van der Waals surface area contributed by atoms with E-state index >= 15 is 0 Å². The Labute approximate surface area is 126 Å². The zero-order valence-electron chi connectivity index (χ0n) is 11.2. The molecule has 0 saturated carbocycles. The van der Waals surface area contributed by atoms with Crippen LogP contribution in [-0.4, -0.2) is 46.2 Å². The Kier molecular flexibility index (Phi) is 6.84. The fraction of sp³-hybridized carbons (Fsp3) is 1.00. The zero-order chi connectivity index (χ0) is 17.2. The molecule has 127 valence electrons. The van der Waals surface area contributed by atoms with Gasteiger partial charge in [0.1, 0.15) is 0 Å². The molecule has 1 aliphatic rings. The van der Waals surface area contributed by atoms with Crippen LogP contribution >= 0.6 is 23.5 Å². The van der Waals surface area contributed by atoms with E-state index in [2.05, 4.69) is 18.0 Å². The Morgan fingerprint density at radius 1 is 1.18 bits per heavy atom. The number of phosphoric acid groups is 3. The van der Waals surface area contributed by atoms with Crippen molar-refractivity contribution in [2.24, 2.45) is 10.8 Å². The Morgan fingerprint density at radius 2 is 1.77 bits per heavy atom. The van der Waals surface area contributed by atoms with Crippen LogP contribution in [0.1, 0.15) is 13.3 Å². The minimum atomic E-state index is -5.51. The normalized spacial score (nSPS) is 31.4. The molecule has 12 nitrogen and oxygen atoms in total. The third-order valence-corrected chi connectivity index (χ3v) is 6.33. The van der Waals surface area contributed by atoms with Gasteiger partial charge in [-0.15, -0.1) is 0 Å². The maximum absolute atomic E-state index is 11.5. The Morgan fingerprint density at radius 3 is 2.23 bits per heavy atom. The molecular formula is C6H14BNO11P3. The minimum absolute atomic E-state index is 0.135. The molecule has 4 N–H and O–H groups in total. The second-order valence-corrected chi connectivity index (χ2v) is 8.80. The van der Waals surface area contributed by atoms with Crippen LogP contribution < -0.4 is 0 Å². The molecule has 1 saturated heterocycles. The van der Waals surface area contributed by atoms with E-state index in [0.29, 0.717) is 6.42 Å².